The third kappa shape index (κ3) is 6.79. The van der Waals surface area contributed by atoms with Crippen LogP contribution in [0.2, 0.25) is 0 Å². The normalized spacial score (nSPS) is 21.2. The van der Waals surface area contributed by atoms with Crippen molar-refractivity contribution in [2.24, 2.45) is 33.7 Å². The molecule has 9 nitrogen and oxygen atoms in total. The summed E-state index contributed by atoms with van der Waals surface area (Å²) >= 11 is 0. The monoisotopic (exact) mass is 569 g/mol. The number of carbonyl (C=O) groups excluding carboxylic acids is 2. The molecule has 1 aliphatic heterocycles. The molecule has 0 saturated heterocycles. The van der Waals surface area contributed by atoms with Crippen molar-refractivity contribution in [2.45, 2.75) is 71.5 Å². The first kappa shape index (κ1) is 31.8. The highest BCUT2D eigenvalue weighted by Gasteiger charge is 2.52. The van der Waals surface area contributed by atoms with E-state index in [0.717, 1.165) is 43.0 Å². The van der Waals surface area contributed by atoms with E-state index in [9.17, 15) is 18.4 Å². The second kappa shape index (κ2) is 12.9. The van der Waals surface area contributed by atoms with Crippen LogP contribution in [0.25, 0.3) is 0 Å². The van der Waals surface area contributed by atoms with Crippen molar-refractivity contribution in [3.63, 3.8) is 0 Å². The minimum absolute atomic E-state index is 0.0432. The number of hydrazine groups is 1. The minimum atomic E-state index is -0.813. The van der Waals surface area contributed by atoms with E-state index >= 15 is 0 Å². The van der Waals surface area contributed by atoms with Gasteiger partial charge in [-0.1, -0.05) is 39.3 Å². The second-order valence-corrected chi connectivity index (χ2v) is 11.4. The number of halogens is 2. The maximum absolute atomic E-state index is 14.1. The molecule has 2 aromatic carbocycles. The molecule has 4 rings (SSSR count). The zero-order chi connectivity index (χ0) is 30.5. The molecule has 8 N–H and O–H groups in total. The van der Waals surface area contributed by atoms with E-state index in [1.165, 1.54) is 0 Å². The van der Waals surface area contributed by atoms with Crippen LogP contribution in [-0.2, 0) is 4.79 Å². The largest absolute Gasteiger partial charge is 0.386 e. The van der Waals surface area contributed by atoms with Gasteiger partial charge < -0.3 is 16.0 Å². The number of benzene rings is 2. The van der Waals surface area contributed by atoms with Gasteiger partial charge in [-0.2, -0.15) is 0 Å². The molecule has 1 spiro atoms. The first-order valence-corrected chi connectivity index (χ1v) is 13.8. The zero-order valence-electron chi connectivity index (χ0n) is 24.1. The maximum Gasteiger partial charge on any atom is 0.275 e. The predicted octanol–water partition coefficient (Wildman–Crippen LogP) is 4.16. The second-order valence-electron chi connectivity index (χ2n) is 11.4. The molecule has 2 aliphatic rings. The van der Waals surface area contributed by atoms with E-state index in [1.807, 2.05) is 6.92 Å². The Kier molecular flexibility index (Phi) is 9.98. The standard InChI is InChI=1S/C30H37F2N5O2.H4N2/c1-5-29(3,4)22-10-12-30(13-11-22)36-26(21-14-23(31)16-24(32)15-21)28(39)37(30)18(2)19-6-8-20(9-7-19)27(38)35-17-25(33)34;1-2/h6-9,14-16,18,22H,5,10-13,17H2,1-4H3,(H3,33,34)(H,35,38);1-2H2. The van der Waals surface area contributed by atoms with Crippen molar-refractivity contribution in [2.75, 3.05) is 6.54 Å². The van der Waals surface area contributed by atoms with Gasteiger partial charge in [0.25, 0.3) is 11.8 Å². The summed E-state index contributed by atoms with van der Waals surface area (Å²) in [6, 6.07) is 9.61. The number of rotatable bonds is 8. The molecule has 41 heavy (non-hydrogen) atoms. The molecule has 2 amide bonds. The van der Waals surface area contributed by atoms with Crippen LogP contribution in [0.15, 0.2) is 47.5 Å². The fraction of sp³-hybridized carbons (Fsp3) is 0.467. The Balaban J connectivity index is 0.00000226. The Hall–Kier alpha value is -3.70. The zero-order valence-corrected chi connectivity index (χ0v) is 24.1. The fourth-order valence-electron chi connectivity index (χ4n) is 5.87. The third-order valence-electron chi connectivity index (χ3n) is 8.61. The Morgan fingerprint density at radius 3 is 2.22 bits per heavy atom. The molecule has 222 valence electrons. The highest BCUT2D eigenvalue weighted by atomic mass is 19.1. The van der Waals surface area contributed by atoms with Gasteiger partial charge in [0.1, 0.15) is 28.8 Å². The van der Waals surface area contributed by atoms with Gasteiger partial charge in [-0.05, 0) is 73.8 Å². The molecule has 1 fully saturated rings. The maximum atomic E-state index is 14.1. The van der Waals surface area contributed by atoms with Gasteiger partial charge in [-0.25, -0.2) is 8.78 Å². The van der Waals surface area contributed by atoms with Gasteiger partial charge in [-0.15, -0.1) is 0 Å². The Labute approximate surface area is 240 Å². The van der Waals surface area contributed by atoms with Crippen LogP contribution in [-0.4, -0.2) is 40.5 Å². The van der Waals surface area contributed by atoms with Crippen LogP contribution in [0.1, 0.15) is 87.3 Å². The van der Waals surface area contributed by atoms with Crippen LogP contribution >= 0.6 is 0 Å². The van der Waals surface area contributed by atoms with Crippen molar-refractivity contribution >= 4 is 23.4 Å². The summed E-state index contributed by atoms with van der Waals surface area (Å²) in [6.45, 7) is 8.61. The number of hydrogen-bond acceptors (Lipinski definition) is 6. The van der Waals surface area contributed by atoms with Crippen molar-refractivity contribution < 1.29 is 18.4 Å². The number of hydrogen-bond donors (Lipinski definition) is 5. The van der Waals surface area contributed by atoms with E-state index in [4.69, 9.17) is 16.1 Å². The van der Waals surface area contributed by atoms with E-state index in [-0.39, 0.29) is 40.9 Å². The number of nitrogens with one attached hydrogen (secondary N) is 2. The number of aliphatic imine (C=N–C) groups is 1. The van der Waals surface area contributed by atoms with Crippen molar-refractivity contribution in [1.82, 2.24) is 10.2 Å². The Morgan fingerprint density at radius 2 is 1.71 bits per heavy atom. The lowest BCUT2D eigenvalue weighted by atomic mass is 9.67. The highest BCUT2D eigenvalue weighted by molar-refractivity contribution is 6.46. The average Bonchev–Trinajstić information content (AvgIpc) is 3.23. The number of amidine groups is 1. The molecule has 2 aromatic rings. The van der Waals surface area contributed by atoms with Crippen LogP contribution in [0.4, 0.5) is 8.78 Å². The highest BCUT2D eigenvalue weighted by Crippen LogP contribution is 2.50. The van der Waals surface area contributed by atoms with Crippen molar-refractivity contribution in [3.05, 3.63) is 70.8 Å². The summed E-state index contributed by atoms with van der Waals surface area (Å²) in [4.78, 5) is 33.0. The smallest absolute Gasteiger partial charge is 0.275 e. The van der Waals surface area contributed by atoms with Crippen LogP contribution in [0.5, 0.6) is 0 Å². The minimum Gasteiger partial charge on any atom is -0.386 e. The number of carbonyl (C=O) groups is 2. The molecular formula is C30H41F2N7O2. The Bertz CT molecular complexity index is 1280. The van der Waals surface area contributed by atoms with Gasteiger partial charge in [0, 0.05) is 17.2 Å². The van der Waals surface area contributed by atoms with Crippen LogP contribution in [0.3, 0.4) is 0 Å². The first-order valence-electron chi connectivity index (χ1n) is 13.8. The van der Waals surface area contributed by atoms with Gasteiger partial charge >= 0.3 is 0 Å². The summed E-state index contributed by atoms with van der Waals surface area (Å²) in [5, 5.41) is 9.86. The molecule has 1 unspecified atom stereocenters. The number of amides is 2. The predicted molar refractivity (Wildman–Crippen MR) is 156 cm³/mol. The SMILES string of the molecule is CCC(C)(C)C1CCC2(CC1)N=C(c1cc(F)cc(F)c1)C(=O)N2C(C)c1ccc(C(=O)NCC(=N)N)cc1.NN. The summed E-state index contributed by atoms with van der Waals surface area (Å²) in [5.74, 6) is 6.12. The van der Waals surface area contributed by atoms with Gasteiger partial charge in [0.15, 0.2) is 0 Å². The molecule has 1 atom stereocenters. The topological polar surface area (TPSA) is 164 Å². The van der Waals surface area contributed by atoms with Gasteiger partial charge in [0.05, 0.1) is 12.6 Å². The molecule has 1 saturated carbocycles. The molecule has 0 aromatic heterocycles. The Morgan fingerprint density at radius 1 is 1.15 bits per heavy atom. The van der Waals surface area contributed by atoms with Crippen molar-refractivity contribution in [3.8, 4) is 0 Å². The van der Waals surface area contributed by atoms with Crippen LogP contribution < -0.4 is 22.7 Å². The first-order chi connectivity index (χ1) is 19.4. The summed E-state index contributed by atoms with van der Waals surface area (Å²) in [7, 11) is 0. The number of nitrogens with two attached hydrogens (primary N) is 3. The lowest BCUT2D eigenvalue weighted by Gasteiger charge is -2.47. The molecule has 1 heterocycles. The van der Waals surface area contributed by atoms with Gasteiger partial charge in [-0.3, -0.25) is 31.7 Å². The van der Waals surface area contributed by atoms with Crippen LogP contribution in [0, 0.1) is 28.4 Å². The van der Waals surface area contributed by atoms with E-state index in [0.29, 0.717) is 24.3 Å². The third-order valence-corrected chi connectivity index (χ3v) is 8.61. The van der Waals surface area contributed by atoms with E-state index < -0.39 is 23.3 Å². The molecule has 0 radical (unpaired) electrons. The van der Waals surface area contributed by atoms with Crippen molar-refractivity contribution in [1.29, 1.82) is 5.41 Å². The lowest BCUT2D eigenvalue weighted by Crippen LogP contribution is -2.51. The molecule has 1 aliphatic carbocycles. The fourth-order valence-corrected chi connectivity index (χ4v) is 5.87. The van der Waals surface area contributed by atoms with Gasteiger partial charge in [0.2, 0.25) is 0 Å². The molecule has 11 heteroatoms. The molecular weight excluding hydrogens is 528 g/mol. The van der Waals surface area contributed by atoms with E-state index in [2.05, 4.69) is 37.8 Å². The number of nitrogens with zero attached hydrogens (tertiary/aromatic N) is 2. The molecule has 0 bridgehead atoms. The average molecular weight is 570 g/mol. The summed E-state index contributed by atoms with van der Waals surface area (Å²) in [5.41, 5.74) is 6.11. The lowest BCUT2D eigenvalue weighted by molar-refractivity contribution is -0.133. The summed E-state index contributed by atoms with van der Waals surface area (Å²) in [6.07, 6.45) is 4.14. The summed E-state index contributed by atoms with van der Waals surface area (Å²) < 4.78 is 28.2. The van der Waals surface area contributed by atoms with E-state index in [1.54, 1.807) is 29.2 Å². The quantitative estimate of drug-likeness (QED) is 0.139.